The Morgan fingerprint density at radius 3 is 1.28 bits per heavy atom. The molecule has 0 amide bonds. The molecule has 4 heteroatoms. The van der Waals surface area contributed by atoms with E-state index in [1.54, 1.807) is 0 Å². The summed E-state index contributed by atoms with van der Waals surface area (Å²) >= 11 is 0. The van der Waals surface area contributed by atoms with Crippen LogP contribution in [0.5, 0.6) is 0 Å². The van der Waals surface area contributed by atoms with E-state index in [-0.39, 0.29) is 12.1 Å². The lowest BCUT2D eigenvalue weighted by Crippen LogP contribution is -2.65. The van der Waals surface area contributed by atoms with Gasteiger partial charge in [-0.15, -0.1) is 0 Å². The van der Waals surface area contributed by atoms with Crippen LogP contribution in [-0.2, 0) is 0 Å². The second-order valence-corrected chi connectivity index (χ2v) is 6.16. The van der Waals surface area contributed by atoms with Crippen molar-refractivity contribution in [2.45, 2.75) is 77.8 Å². The molecule has 4 N–H and O–H groups in total. The van der Waals surface area contributed by atoms with Crippen molar-refractivity contribution in [3.05, 3.63) is 0 Å². The Balaban J connectivity index is 2.71. The van der Waals surface area contributed by atoms with E-state index < -0.39 is 0 Å². The van der Waals surface area contributed by atoms with E-state index in [9.17, 15) is 0 Å². The van der Waals surface area contributed by atoms with Gasteiger partial charge < -0.3 is 11.5 Å². The second-order valence-electron chi connectivity index (χ2n) is 6.16. The van der Waals surface area contributed by atoms with Gasteiger partial charge >= 0.3 is 0 Å². The van der Waals surface area contributed by atoms with Crippen LogP contribution in [0.2, 0.25) is 0 Å². The predicted octanol–water partition coefficient (Wildman–Crippen LogP) is 0.852. The van der Waals surface area contributed by atoms with Crippen LogP contribution in [0.1, 0.15) is 41.5 Å². The van der Waals surface area contributed by atoms with Gasteiger partial charge in [0.15, 0.2) is 0 Å². The fourth-order valence-electron chi connectivity index (χ4n) is 2.95. The zero-order chi connectivity index (χ0) is 14.0. The maximum Gasteiger partial charge on any atom is 0.0224 e. The van der Waals surface area contributed by atoms with E-state index in [1.165, 1.54) is 0 Å². The summed E-state index contributed by atoms with van der Waals surface area (Å²) < 4.78 is 0. The largest absolute Gasteiger partial charge is 0.327 e. The first-order chi connectivity index (χ1) is 8.27. The Morgan fingerprint density at radius 2 is 1.06 bits per heavy atom. The number of piperazine rings is 1. The molecule has 0 saturated carbocycles. The third-order valence-corrected chi connectivity index (χ3v) is 4.93. The van der Waals surface area contributed by atoms with Gasteiger partial charge in [-0.05, 0) is 41.5 Å². The number of nitrogens with zero attached hydrogens (tertiary/aromatic N) is 2. The van der Waals surface area contributed by atoms with Crippen molar-refractivity contribution in [2.75, 3.05) is 13.1 Å². The second kappa shape index (κ2) is 6.33. The Morgan fingerprint density at radius 1 is 0.778 bits per heavy atom. The van der Waals surface area contributed by atoms with Crippen molar-refractivity contribution in [1.29, 1.82) is 0 Å². The molecule has 1 saturated heterocycles. The summed E-state index contributed by atoms with van der Waals surface area (Å²) in [6.45, 7) is 15.5. The first-order valence-electron chi connectivity index (χ1n) is 7.30. The van der Waals surface area contributed by atoms with Gasteiger partial charge in [0.2, 0.25) is 0 Å². The number of hydrogen-bond acceptors (Lipinski definition) is 4. The van der Waals surface area contributed by atoms with Crippen molar-refractivity contribution >= 4 is 0 Å². The van der Waals surface area contributed by atoms with Gasteiger partial charge in [-0.1, -0.05) is 0 Å². The summed E-state index contributed by atoms with van der Waals surface area (Å²) in [7, 11) is 0. The summed E-state index contributed by atoms with van der Waals surface area (Å²) in [5, 5.41) is 0. The number of nitrogens with two attached hydrogens (primary N) is 2. The molecule has 108 valence electrons. The van der Waals surface area contributed by atoms with E-state index in [4.69, 9.17) is 11.5 Å². The van der Waals surface area contributed by atoms with Gasteiger partial charge in [-0.2, -0.15) is 0 Å². The lowest BCUT2D eigenvalue weighted by molar-refractivity contribution is -0.0140. The Bertz CT molecular complexity index is 228. The summed E-state index contributed by atoms with van der Waals surface area (Å²) in [5.41, 5.74) is 12.1. The van der Waals surface area contributed by atoms with Crippen molar-refractivity contribution in [3.8, 4) is 0 Å². The van der Waals surface area contributed by atoms with Gasteiger partial charge in [0, 0.05) is 49.3 Å². The minimum absolute atomic E-state index is 0.219. The minimum Gasteiger partial charge on any atom is -0.327 e. The monoisotopic (exact) mass is 256 g/mol. The van der Waals surface area contributed by atoms with E-state index in [1.807, 2.05) is 0 Å². The van der Waals surface area contributed by atoms with Crippen LogP contribution in [0.25, 0.3) is 0 Å². The molecule has 0 aliphatic carbocycles. The van der Waals surface area contributed by atoms with Gasteiger partial charge in [0.25, 0.3) is 0 Å². The first-order valence-corrected chi connectivity index (χ1v) is 7.30. The van der Waals surface area contributed by atoms with Crippen LogP contribution in [0.4, 0.5) is 0 Å². The average Bonchev–Trinajstić information content (AvgIpc) is 2.30. The molecule has 0 aromatic heterocycles. The van der Waals surface area contributed by atoms with E-state index in [2.05, 4.69) is 51.3 Å². The number of rotatable bonds is 4. The van der Waals surface area contributed by atoms with Crippen molar-refractivity contribution in [1.82, 2.24) is 9.80 Å². The van der Waals surface area contributed by atoms with Gasteiger partial charge in [0.1, 0.15) is 0 Å². The van der Waals surface area contributed by atoms with Crippen LogP contribution < -0.4 is 11.5 Å². The fraction of sp³-hybridized carbons (Fsp3) is 1.00. The normalized spacial score (nSPS) is 34.0. The molecular formula is C14H32N4. The third-order valence-electron chi connectivity index (χ3n) is 4.93. The van der Waals surface area contributed by atoms with Gasteiger partial charge in [0.05, 0.1) is 0 Å². The van der Waals surface area contributed by atoms with Crippen LogP contribution >= 0.6 is 0 Å². The minimum atomic E-state index is 0.219. The highest BCUT2D eigenvalue weighted by Crippen LogP contribution is 2.22. The first kappa shape index (κ1) is 15.9. The highest BCUT2D eigenvalue weighted by molar-refractivity contribution is 4.93. The molecule has 0 spiro atoms. The molecule has 0 aromatic rings. The topological polar surface area (TPSA) is 58.5 Å². The molecule has 1 aliphatic rings. The zero-order valence-electron chi connectivity index (χ0n) is 12.9. The molecule has 1 fully saturated rings. The third kappa shape index (κ3) is 3.23. The average molecular weight is 256 g/mol. The Hall–Kier alpha value is -0.160. The summed E-state index contributed by atoms with van der Waals surface area (Å²) in [6, 6.07) is 2.38. The molecule has 6 unspecified atom stereocenters. The maximum absolute atomic E-state index is 6.04. The van der Waals surface area contributed by atoms with Crippen molar-refractivity contribution < 1.29 is 0 Å². The highest BCUT2D eigenvalue weighted by atomic mass is 15.3. The fourth-order valence-corrected chi connectivity index (χ4v) is 2.95. The molecule has 18 heavy (non-hydrogen) atoms. The van der Waals surface area contributed by atoms with Crippen molar-refractivity contribution in [2.24, 2.45) is 11.5 Å². The smallest absolute Gasteiger partial charge is 0.0224 e. The maximum atomic E-state index is 6.04. The molecule has 1 heterocycles. The SMILES string of the molecule is CC(N)C(C)N1CCN(C(C)C(C)N)C(C)C1C. The molecule has 0 radical (unpaired) electrons. The highest BCUT2D eigenvalue weighted by Gasteiger charge is 2.36. The predicted molar refractivity (Wildman–Crippen MR) is 78.6 cm³/mol. The van der Waals surface area contributed by atoms with Crippen LogP contribution in [-0.4, -0.2) is 59.1 Å². The van der Waals surface area contributed by atoms with E-state index in [0.717, 1.165) is 13.1 Å². The standard InChI is InChI=1S/C14H32N4/c1-9(15)11(3)17-7-8-18(12(4)10(2)16)14(6)13(17)5/h9-14H,7-8,15-16H2,1-6H3. The van der Waals surface area contributed by atoms with Gasteiger partial charge in [-0.3, -0.25) is 9.80 Å². The van der Waals surface area contributed by atoms with E-state index in [0.29, 0.717) is 24.2 Å². The lowest BCUT2D eigenvalue weighted by atomic mass is 9.97. The quantitative estimate of drug-likeness (QED) is 0.783. The lowest BCUT2D eigenvalue weighted by Gasteiger charge is -2.50. The van der Waals surface area contributed by atoms with Crippen LogP contribution in [0.3, 0.4) is 0 Å². The number of hydrogen-bond donors (Lipinski definition) is 2. The van der Waals surface area contributed by atoms with Crippen LogP contribution in [0.15, 0.2) is 0 Å². The summed E-state index contributed by atoms with van der Waals surface area (Å²) in [6.07, 6.45) is 0. The summed E-state index contributed by atoms with van der Waals surface area (Å²) in [4.78, 5) is 5.08. The van der Waals surface area contributed by atoms with Gasteiger partial charge in [-0.25, -0.2) is 0 Å². The summed E-state index contributed by atoms with van der Waals surface area (Å²) in [5.74, 6) is 0. The molecule has 1 aliphatic heterocycles. The Labute approximate surface area is 113 Å². The van der Waals surface area contributed by atoms with Crippen LogP contribution in [0, 0.1) is 0 Å². The molecule has 6 atom stereocenters. The molecule has 4 nitrogen and oxygen atoms in total. The molecule has 1 rings (SSSR count). The zero-order valence-corrected chi connectivity index (χ0v) is 12.9. The molecule has 0 aromatic carbocycles. The Kier molecular flexibility index (Phi) is 5.59. The van der Waals surface area contributed by atoms with Crippen molar-refractivity contribution in [3.63, 3.8) is 0 Å². The molecule has 0 bridgehead atoms. The molecular weight excluding hydrogens is 224 g/mol. The van der Waals surface area contributed by atoms with E-state index >= 15 is 0 Å².